The Kier molecular flexibility index (Phi) is 8.02. The Morgan fingerprint density at radius 3 is 2.36 bits per heavy atom. The molecular weight excluding hydrogens is 288 g/mol. The minimum Gasteiger partial charge on any atom is -0.481 e. The van der Waals surface area contributed by atoms with E-state index in [1.807, 2.05) is 44.2 Å². The van der Waals surface area contributed by atoms with Gasteiger partial charge in [-0.25, -0.2) is 8.78 Å². The first-order chi connectivity index (χ1) is 10.4. The van der Waals surface area contributed by atoms with Gasteiger partial charge < -0.3 is 10.4 Å². The molecule has 0 aliphatic carbocycles. The monoisotopic (exact) mass is 313 g/mol. The first-order valence-corrected chi connectivity index (χ1v) is 7.68. The Morgan fingerprint density at radius 2 is 1.86 bits per heavy atom. The molecule has 2 N–H and O–H groups in total. The number of aliphatic carboxylic acids is 1. The summed E-state index contributed by atoms with van der Waals surface area (Å²) in [5.41, 5.74) is 1.01. The molecule has 5 heteroatoms. The van der Waals surface area contributed by atoms with Crippen molar-refractivity contribution in [3.8, 4) is 0 Å². The fraction of sp³-hybridized carbons (Fsp3) is 0.588. The van der Waals surface area contributed by atoms with Crippen molar-refractivity contribution in [3.63, 3.8) is 0 Å². The topological polar surface area (TPSA) is 49.3 Å². The van der Waals surface area contributed by atoms with Gasteiger partial charge in [-0.15, -0.1) is 0 Å². The fourth-order valence-corrected chi connectivity index (χ4v) is 2.42. The van der Waals surface area contributed by atoms with Crippen molar-refractivity contribution in [2.24, 2.45) is 11.8 Å². The van der Waals surface area contributed by atoms with Crippen LogP contribution in [0.5, 0.6) is 0 Å². The van der Waals surface area contributed by atoms with Gasteiger partial charge in [0.05, 0.1) is 12.0 Å². The van der Waals surface area contributed by atoms with E-state index in [4.69, 9.17) is 5.11 Å². The number of aryl methyl sites for hydroxylation is 1. The largest absolute Gasteiger partial charge is 0.481 e. The molecule has 124 valence electrons. The Labute approximate surface area is 130 Å². The lowest BCUT2D eigenvalue weighted by Crippen LogP contribution is -2.41. The zero-order chi connectivity index (χ0) is 16.5. The normalized spacial score (nSPS) is 14.3. The van der Waals surface area contributed by atoms with Gasteiger partial charge in [-0.2, -0.15) is 0 Å². The van der Waals surface area contributed by atoms with E-state index in [0.717, 1.165) is 5.56 Å². The first-order valence-electron chi connectivity index (χ1n) is 7.68. The Morgan fingerprint density at radius 1 is 1.23 bits per heavy atom. The minimum absolute atomic E-state index is 0.0807. The highest BCUT2D eigenvalue weighted by Crippen LogP contribution is 2.14. The van der Waals surface area contributed by atoms with Crippen LogP contribution in [0.3, 0.4) is 0 Å². The molecule has 1 rings (SSSR count). The molecule has 0 saturated carbocycles. The maximum Gasteiger partial charge on any atom is 0.307 e. The van der Waals surface area contributed by atoms with Gasteiger partial charge in [0.1, 0.15) is 0 Å². The van der Waals surface area contributed by atoms with Crippen LogP contribution >= 0.6 is 0 Å². The highest BCUT2D eigenvalue weighted by atomic mass is 19.3. The minimum atomic E-state index is -2.50. The molecule has 0 aliphatic heterocycles. The van der Waals surface area contributed by atoms with Gasteiger partial charge in [0, 0.05) is 6.54 Å². The molecule has 0 heterocycles. The third-order valence-corrected chi connectivity index (χ3v) is 3.62. The summed E-state index contributed by atoms with van der Waals surface area (Å²) >= 11 is 0. The van der Waals surface area contributed by atoms with Crippen molar-refractivity contribution in [1.29, 1.82) is 0 Å². The smallest absolute Gasteiger partial charge is 0.307 e. The standard InChI is InChI=1S/C17H25F2NO2/c1-12(2)10-14(17(21)22)11-20-15(16(18)19)9-8-13-6-4-3-5-7-13/h3-7,12,14-16,20H,8-11H2,1-2H3,(H,21,22). The zero-order valence-electron chi connectivity index (χ0n) is 13.1. The molecular formula is C17H25F2NO2. The Hall–Kier alpha value is -1.49. The van der Waals surface area contributed by atoms with E-state index < -0.39 is 24.4 Å². The van der Waals surface area contributed by atoms with Crippen LogP contribution < -0.4 is 5.32 Å². The van der Waals surface area contributed by atoms with Crippen molar-refractivity contribution in [3.05, 3.63) is 35.9 Å². The Bertz CT molecular complexity index is 438. The van der Waals surface area contributed by atoms with Crippen molar-refractivity contribution < 1.29 is 18.7 Å². The summed E-state index contributed by atoms with van der Waals surface area (Å²) in [5.74, 6) is -1.34. The molecule has 0 spiro atoms. The average Bonchev–Trinajstić information content (AvgIpc) is 2.46. The second kappa shape index (κ2) is 9.51. The number of rotatable bonds is 10. The van der Waals surface area contributed by atoms with Crippen LogP contribution in [-0.2, 0) is 11.2 Å². The molecule has 2 unspecified atom stereocenters. The molecule has 0 bridgehead atoms. The molecule has 22 heavy (non-hydrogen) atoms. The van der Waals surface area contributed by atoms with Crippen LogP contribution in [0.2, 0.25) is 0 Å². The van der Waals surface area contributed by atoms with Crippen LogP contribution in [0.1, 0.15) is 32.3 Å². The van der Waals surface area contributed by atoms with Crippen molar-refractivity contribution in [2.75, 3.05) is 6.54 Å². The van der Waals surface area contributed by atoms with E-state index in [0.29, 0.717) is 12.8 Å². The van der Waals surface area contributed by atoms with E-state index in [-0.39, 0.29) is 18.9 Å². The van der Waals surface area contributed by atoms with Gasteiger partial charge in [0.15, 0.2) is 0 Å². The molecule has 1 aromatic carbocycles. The molecule has 0 saturated heterocycles. The fourth-order valence-electron chi connectivity index (χ4n) is 2.42. The maximum absolute atomic E-state index is 13.1. The number of hydrogen-bond donors (Lipinski definition) is 2. The van der Waals surface area contributed by atoms with Crippen molar-refractivity contribution in [2.45, 2.75) is 45.6 Å². The van der Waals surface area contributed by atoms with Gasteiger partial charge >= 0.3 is 5.97 Å². The number of benzene rings is 1. The first kappa shape index (κ1) is 18.6. The van der Waals surface area contributed by atoms with Crippen molar-refractivity contribution >= 4 is 5.97 Å². The van der Waals surface area contributed by atoms with E-state index in [1.54, 1.807) is 0 Å². The van der Waals surface area contributed by atoms with Crippen LogP contribution in [0.15, 0.2) is 30.3 Å². The SMILES string of the molecule is CC(C)CC(CNC(CCc1ccccc1)C(F)F)C(=O)O. The zero-order valence-corrected chi connectivity index (χ0v) is 13.1. The molecule has 0 radical (unpaired) electrons. The van der Waals surface area contributed by atoms with E-state index in [1.165, 1.54) is 0 Å². The highest BCUT2D eigenvalue weighted by Gasteiger charge is 2.24. The predicted octanol–water partition coefficient (Wildman–Crippen LogP) is 3.59. The summed E-state index contributed by atoms with van der Waals surface area (Å²) in [4.78, 5) is 11.2. The second-order valence-electron chi connectivity index (χ2n) is 6.04. The number of carboxylic acids is 1. The molecule has 0 amide bonds. The lowest BCUT2D eigenvalue weighted by molar-refractivity contribution is -0.142. The van der Waals surface area contributed by atoms with Gasteiger partial charge in [0.25, 0.3) is 6.43 Å². The summed E-state index contributed by atoms with van der Waals surface area (Å²) in [6.45, 7) is 3.93. The molecule has 0 aliphatic rings. The summed E-state index contributed by atoms with van der Waals surface area (Å²) < 4.78 is 26.2. The number of halogens is 2. The summed E-state index contributed by atoms with van der Waals surface area (Å²) in [6.07, 6.45) is -1.19. The van der Waals surface area contributed by atoms with Crippen molar-refractivity contribution in [1.82, 2.24) is 5.32 Å². The van der Waals surface area contributed by atoms with Gasteiger partial charge in [-0.1, -0.05) is 44.2 Å². The van der Waals surface area contributed by atoms with E-state index >= 15 is 0 Å². The molecule has 3 nitrogen and oxygen atoms in total. The quantitative estimate of drug-likeness (QED) is 0.694. The third-order valence-electron chi connectivity index (χ3n) is 3.62. The number of alkyl halides is 2. The van der Waals surface area contributed by atoms with Gasteiger partial charge in [-0.3, -0.25) is 4.79 Å². The second-order valence-corrected chi connectivity index (χ2v) is 6.04. The molecule has 0 fully saturated rings. The summed E-state index contributed by atoms with van der Waals surface area (Å²) in [6, 6.07) is 8.47. The van der Waals surface area contributed by atoms with Crippen LogP contribution in [-0.4, -0.2) is 30.1 Å². The highest BCUT2D eigenvalue weighted by molar-refractivity contribution is 5.70. The third kappa shape index (κ3) is 6.98. The number of hydrogen-bond acceptors (Lipinski definition) is 2. The summed E-state index contributed by atoms with van der Waals surface area (Å²) in [7, 11) is 0. The number of carbonyl (C=O) groups is 1. The average molecular weight is 313 g/mol. The van der Waals surface area contributed by atoms with Gasteiger partial charge in [0.2, 0.25) is 0 Å². The molecule has 2 atom stereocenters. The molecule has 0 aromatic heterocycles. The maximum atomic E-state index is 13.1. The van der Waals surface area contributed by atoms with E-state index in [2.05, 4.69) is 5.32 Å². The van der Waals surface area contributed by atoms with Crippen LogP contribution in [0, 0.1) is 11.8 Å². The lowest BCUT2D eigenvalue weighted by atomic mass is 9.96. The summed E-state index contributed by atoms with van der Waals surface area (Å²) in [5, 5.41) is 11.9. The predicted molar refractivity (Wildman–Crippen MR) is 83.1 cm³/mol. The number of nitrogens with one attached hydrogen (secondary N) is 1. The molecule has 1 aromatic rings. The number of carboxylic acid groups (broad SMARTS) is 1. The van der Waals surface area contributed by atoms with Crippen LogP contribution in [0.25, 0.3) is 0 Å². The van der Waals surface area contributed by atoms with Gasteiger partial charge in [-0.05, 0) is 30.7 Å². The van der Waals surface area contributed by atoms with Crippen LogP contribution in [0.4, 0.5) is 8.78 Å². The van der Waals surface area contributed by atoms with E-state index in [9.17, 15) is 13.6 Å². The Balaban J connectivity index is 2.51. The lowest BCUT2D eigenvalue weighted by Gasteiger charge is -2.21.